The molecule has 0 aromatic carbocycles. The molecular formula is C5H4N4. The van der Waals surface area contributed by atoms with Crippen molar-refractivity contribution < 1.29 is 0 Å². The van der Waals surface area contributed by atoms with Crippen LogP contribution >= 0.6 is 0 Å². The van der Waals surface area contributed by atoms with Crippen LogP contribution in [0, 0.1) is 0 Å². The highest BCUT2D eigenvalue weighted by molar-refractivity contribution is 6.13. The van der Waals surface area contributed by atoms with Crippen molar-refractivity contribution in [1.29, 1.82) is 0 Å². The van der Waals surface area contributed by atoms with Crippen molar-refractivity contribution in [2.45, 2.75) is 6.04 Å². The third-order valence-electron chi connectivity index (χ3n) is 1.17. The van der Waals surface area contributed by atoms with Gasteiger partial charge in [-0.2, -0.15) is 0 Å². The average Bonchev–Trinajstić information content (AvgIpc) is 2.33. The SMILES string of the molecule is C1=NC=NC2=NC=N[C@@H]12. The normalized spacial score (nSPS) is 28.4. The third kappa shape index (κ3) is 0.595. The van der Waals surface area contributed by atoms with Gasteiger partial charge in [-0.05, 0) is 0 Å². The maximum atomic E-state index is 3.97. The molecule has 0 bridgehead atoms. The van der Waals surface area contributed by atoms with Crippen molar-refractivity contribution >= 4 is 24.7 Å². The van der Waals surface area contributed by atoms with E-state index < -0.39 is 0 Å². The van der Waals surface area contributed by atoms with Crippen LogP contribution in [0.25, 0.3) is 0 Å². The number of hydrogen-bond donors (Lipinski definition) is 0. The molecule has 0 N–H and O–H groups in total. The zero-order chi connectivity index (χ0) is 6.10. The first-order chi connectivity index (χ1) is 4.47. The van der Waals surface area contributed by atoms with Crippen LogP contribution in [0.3, 0.4) is 0 Å². The summed E-state index contributed by atoms with van der Waals surface area (Å²) in [7, 11) is 0. The molecule has 44 valence electrons. The Morgan fingerprint density at radius 2 is 2.33 bits per heavy atom. The zero-order valence-corrected chi connectivity index (χ0v) is 4.60. The summed E-state index contributed by atoms with van der Waals surface area (Å²) in [6, 6.07) is -0.00463. The molecule has 0 spiro atoms. The van der Waals surface area contributed by atoms with Gasteiger partial charge in [0.25, 0.3) is 0 Å². The molecular weight excluding hydrogens is 116 g/mol. The van der Waals surface area contributed by atoms with Gasteiger partial charge < -0.3 is 0 Å². The minimum Gasteiger partial charge on any atom is -0.256 e. The number of aliphatic imine (C=N–C) groups is 4. The van der Waals surface area contributed by atoms with Crippen LogP contribution < -0.4 is 0 Å². The van der Waals surface area contributed by atoms with Gasteiger partial charge in [0.05, 0.1) is 0 Å². The molecule has 0 aliphatic carbocycles. The number of hydrogen-bond acceptors (Lipinski definition) is 4. The van der Waals surface area contributed by atoms with E-state index in [9.17, 15) is 0 Å². The summed E-state index contributed by atoms with van der Waals surface area (Å²) in [6.45, 7) is 0. The molecule has 0 fully saturated rings. The highest BCUT2D eigenvalue weighted by Crippen LogP contribution is 2.02. The fourth-order valence-electron chi connectivity index (χ4n) is 0.735. The summed E-state index contributed by atoms with van der Waals surface area (Å²) < 4.78 is 0. The van der Waals surface area contributed by atoms with Crippen molar-refractivity contribution in [1.82, 2.24) is 0 Å². The van der Waals surface area contributed by atoms with Crippen LogP contribution in [0.4, 0.5) is 0 Å². The summed E-state index contributed by atoms with van der Waals surface area (Å²) in [6.07, 6.45) is 4.70. The Labute approximate surface area is 51.8 Å². The van der Waals surface area contributed by atoms with E-state index in [4.69, 9.17) is 0 Å². The highest BCUT2D eigenvalue weighted by Gasteiger charge is 2.15. The third-order valence-corrected chi connectivity index (χ3v) is 1.17. The van der Waals surface area contributed by atoms with Crippen molar-refractivity contribution in [3.8, 4) is 0 Å². The molecule has 2 rings (SSSR count). The minimum atomic E-state index is -0.00463. The Balaban J connectivity index is 2.40. The highest BCUT2D eigenvalue weighted by atomic mass is 15.1. The minimum absolute atomic E-state index is 0.00463. The molecule has 0 radical (unpaired) electrons. The molecule has 4 heteroatoms. The van der Waals surface area contributed by atoms with Crippen molar-refractivity contribution in [2.75, 3.05) is 0 Å². The summed E-state index contributed by atoms with van der Waals surface area (Å²) >= 11 is 0. The van der Waals surface area contributed by atoms with E-state index in [0.717, 1.165) is 5.84 Å². The van der Waals surface area contributed by atoms with Gasteiger partial charge in [0, 0.05) is 6.21 Å². The maximum Gasteiger partial charge on any atom is 0.161 e. The Hall–Kier alpha value is -1.32. The summed E-state index contributed by atoms with van der Waals surface area (Å²) in [4.78, 5) is 15.6. The van der Waals surface area contributed by atoms with Gasteiger partial charge in [0.1, 0.15) is 18.7 Å². The molecule has 0 aromatic heterocycles. The van der Waals surface area contributed by atoms with E-state index in [0.29, 0.717) is 0 Å². The smallest absolute Gasteiger partial charge is 0.161 e. The van der Waals surface area contributed by atoms with E-state index in [1.165, 1.54) is 12.7 Å². The number of fused-ring (bicyclic) bond motifs is 1. The Kier molecular flexibility index (Phi) is 0.798. The number of rotatable bonds is 0. The lowest BCUT2D eigenvalue weighted by Gasteiger charge is -2.01. The van der Waals surface area contributed by atoms with Gasteiger partial charge in [-0.3, -0.25) is 4.99 Å². The van der Waals surface area contributed by atoms with Crippen molar-refractivity contribution in [2.24, 2.45) is 20.0 Å². The second-order valence-electron chi connectivity index (χ2n) is 1.74. The Bertz CT molecular complexity index is 235. The van der Waals surface area contributed by atoms with Crippen LogP contribution in [0.5, 0.6) is 0 Å². The van der Waals surface area contributed by atoms with Gasteiger partial charge in [-0.1, -0.05) is 0 Å². The molecule has 0 amide bonds. The van der Waals surface area contributed by atoms with Crippen LogP contribution in [0.15, 0.2) is 20.0 Å². The second kappa shape index (κ2) is 1.58. The fourth-order valence-corrected chi connectivity index (χ4v) is 0.735. The van der Waals surface area contributed by atoms with Gasteiger partial charge in [-0.15, -0.1) is 0 Å². The Morgan fingerprint density at radius 1 is 1.33 bits per heavy atom. The van der Waals surface area contributed by atoms with E-state index in [2.05, 4.69) is 20.0 Å². The molecule has 9 heavy (non-hydrogen) atoms. The molecule has 4 nitrogen and oxygen atoms in total. The van der Waals surface area contributed by atoms with Crippen LogP contribution in [0.2, 0.25) is 0 Å². The summed E-state index contributed by atoms with van der Waals surface area (Å²) in [5.41, 5.74) is 0. The van der Waals surface area contributed by atoms with Gasteiger partial charge >= 0.3 is 0 Å². The predicted molar refractivity (Wildman–Crippen MR) is 36.7 cm³/mol. The molecule has 0 saturated carbocycles. The van der Waals surface area contributed by atoms with E-state index in [1.807, 2.05) is 0 Å². The lowest BCUT2D eigenvalue weighted by Crippen LogP contribution is -2.17. The molecule has 0 aromatic rings. The van der Waals surface area contributed by atoms with E-state index >= 15 is 0 Å². The zero-order valence-electron chi connectivity index (χ0n) is 4.60. The predicted octanol–water partition coefficient (Wildman–Crippen LogP) is -0.0919. The molecule has 2 heterocycles. The van der Waals surface area contributed by atoms with Gasteiger partial charge in [0.15, 0.2) is 5.84 Å². The van der Waals surface area contributed by atoms with E-state index in [-0.39, 0.29) is 6.04 Å². The van der Waals surface area contributed by atoms with Crippen molar-refractivity contribution in [3.63, 3.8) is 0 Å². The Morgan fingerprint density at radius 3 is 3.22 bits per heavy atom. The summed E-state index contributed by atoms with van der Waals surface area (Å²) in [5.74, 6) is 0.741. The number of nitrogens with zero attached hydrogens (tertiary/aromatic N) is 4. The van der Waals surface area contributed by atoms with Crippen molar-refractivity contribution in [3.05, 3.63) is 0 Å². The topological polar surface area (TPSA) is 49.4 Å². The fraction of sp³-hybridized carbons (Fsp3) is 0.200. The first-order valence-electron chi connectivity index (χ1n) is 2.62. The van der Waals surface area contributed by atoms with Crippen LogP contribution in [0.1, 0.15) is 0 Å². The average molecular weight is 120 g/mol. The molecule has 2 aliphatic rings. The standard InChI is InChI=1S/C5H4N4/c1-4-5(8-2-6-1)9-3-7-4/h1-4H/t4-/m0/s1. The lowest BCUT2D eigenvalue weighted by atomic mass is 10.3. The molecule has 0 saturated heterocycles. The molecule has 0 unspecified atom stereocenters. The van der Waals surface area contributed by atoms with Crippen LogP contribution in [-0.2, 0) is 0 Å². The molecule has 1 atom stereocenters. The first-order valence-corrected chi connectivity index (χ1v) is 2.62. The van der Waals surface area contributed by atoms with Crippen LogP contribution in [-0.4, -0.2) is 30.8 Å². The van der Waals surface area contributed by atoms with Gasteiger partial charge in [-0.25, -0.2) is 15.0 Å². The summed E-state index contributed by atoms with van der Waals surface area (Å²) in [5, 5.41) is 0. The lowest BCUT2D eigenvalue weighted by molar-refractivity contribution is 1.17. The largest absolute Gasteiger partial charge is 0.256 e. The maximum absolute atomic E-state index is 3.97. The van der Waals surface area contributed by atoms with E-state index in [1.54, 1.807) is 6.21 Å². The molecule has 2 aliphatic heterocycles. The first kappa shape index (κ1) is 4.55. The van der Waals surface area contributed by atoms with Gasteiger partial charge in [0.2, 0.25) is 0 Å². The second-order valence-corrected chi connectivity index (χ2v) is 1.74. The quantitative estimate of drug-likeness (QED) is 0.429. The number of amidine groups is 1. The monoisotopic (exact) mass is 120 g/mol.